The van der Waals surface area contributed by atoms with Crippen LogP contribution < -0.4 is 0 Å². The number of nitro groups is 1. The first-order valence-corrected chi connectivity index (χ1v) is 7.56. The molecule has 1 heterocycles. The SMILES string of the molecule is CC1(C)OC[C@@H](COS(=O)(=O)c2cccc([N+](=O)[O-])c2)O1. The molecular weight excluding hydrogens is 302 g/mol. The third-order valence-electron chi connectivity index (χ3n) is 2.79. The summed E-state index contributed by atoms with van der Waals surface area (Å²) in [7, 11) is -4.08. The van der Waals surface area contributed by atoms with Gasteiger partial charge in [0.05, 0.1) is 18.1 Å². The van der Waals surface area contributed by atoms with Gasteiger partial charge < -0.3 is 9.47 Å². The predicted molar refractivity (Wildman–Crippen MR) is 71.1 cm³/mol. The zero-order valence-electron chi connectivity index (χ0n) is 11.5. The van der Waals surface area contributed by atoms with E-state index >= 15 is 0 Å². The van der Waals surface area contributed by atoms with Gasteiger partial charge in [-0.25, -0.2) is 0 Å². The number of non-ortho nitro benzene ring substituents is 1. The molecule has 1 aromatic carbocycles. The van der Waals surface area contributed by atoms with E-state index in [4.69, 9.17) is 13.7 Å². The highest BCUT2D eigenvalue weighted by molar-refractivity contribution is 7.86. The van der Waals surface area contributed by atoms with E-state index in [0.717, 1.165) is 6.07 Å². The summed E-state index contributed by atoms with van der Waals surface area (Å²) in [6, 6.07) is 4.67. The summed E-state index contributed by atoms with van der Waals surface area (Å²) >= 11 is 0. The molecule has 116 valence electrons. The third-order valence-corrected chi connectivity index (χ3v) is 4.07. The Kier molecular flexibility index (Phi) is 4.28. The van der Waals surface area contributed by atoms with Gasteiger partial charge in [0.25, 0.3) is 15.8 Å². The molecule has 1 aromatic rings. The Balaban J connectivity index is 2.05. The highest BCUT2D eigenvalue weighted by Crippen LogP contribution is 2.24. The fraction of sp³-hybridized carbons (Fsp3) is 0.500. The Labute approximate surface area is 121 Å². The van der Waals surface area contributed by atoms with Crippen LogP contribution in [0.4, 0.5) is 5.69 Å². The van der Waals surface area contributed by atoms with Crippen LogP contribution in [0.1, 0.15) is 13.8 Å². The van der Waals surface area contributed by atoms with Crippen molar-refractivity contribution in [2.45, 2.75) is 30.6 Å². The van der Waals surface area contributed by atoms with E-state index in [2.05, 4.69) is 0 Å². The minimum absolute atomic E-state index is 0.214. The number of ether oxygens (including phenoxy) is 2. The van der Waals surface area contributed by atoms with E-state index in [1.54, 1.807) is 13.8 Å². The van der Waals surface area contributed by atoms with E-state index < -0.39 is 26.9 Å². The van der Waals surface area contributed by atoms with Gasteiger partial charge in [-0.05, 0) is 19.9 Å². The van der Waals surface area contributed by atoms with Crippen LogP contribution in [-0.4, -0.2) is 38.4 Å². The highest BCUT2D eigenvalue weighted by Gasteiger charge is 2.34. The fourth-order valence-corrected chi connectivity index (χ4v) is 2.81. The molecule has 8 nitrogen and oxygen atoms in total. The zero-order chi connectivity index (χ0) is 15.7. The van der Waals surface area contributed by atoms with Gasteiger partial charge in [-0.2, -0.15) is 8.42 Å². The van der Waals surface area contributed by atoms with Crippen LogP contribution in [0.25, 0.3) is 0 Å². The Morgan fingerprint density at radius 3 is 2.76 bits per heavy atom. The molecule has 1 fully saturated rings. The molecule has 0 aromatic heterocycles. The predicted octanol–water partition coefficient (Wildman–Crippen LogP) is 1.45. The molecule has 1 aliphatic rings. The van der Waals surface area contributed by atoms with Gasteiger partial charge in [0.2, 0.25) is 0 Å². The molecule has 9 heteroatoms. The van der Waals surface area contributed by atoms with E-state index in [1.807, 2.05) is 0 Å². The fourth-order valence-electron chi connectivity index (χ4n) is 1.83. The lowest BCUT2D eigenvalue weighted by Gasteiger charge is -2.16. The van der Waals surface area contributed by atoms with Crippen molar-refractivity contribution in [2.75, 3.05) is 13.2 Å². The molecule has 0 radical (unpaired) electrons. The highest BCUT2D eigenvalue weighted by atomic mass is 32.2. The van der Waals surface area contributed by atoms with Gasteiger partial charge in [-0.15, -0.1) is 0 Å². The standard InChI is InChI=1S/C12H15NO7S/c1-12(2)18-7-10(20-12)8-19-21(16,17)11-5-3-4-9(6-11)13(14)15/h3-6,10H,7-8H2,1-2H3/t10-/m0/s1. The summed E-state index contributed by atoms with van der Waals surface area (Å²) in [5.41, 5.74) is -0.318. The largest absolute Gasteiger partial charge is 0.348 e. The summed E-state index contributed by atoms with van der Waals surface area (Å²) < 4.78 is 39.6. The molecule has 0 amide bonds. The maximum absolute atomic E-state index is 12.0. The first-order chi connectivity index (χ1) is 9.70. The van der Waals surface area contributed by atoms with Crippen LogP contribution >= 0.6 is 0 Å². The number of nitrogens with zero attached hydrogens (tertiary/aromatic N) is 1. The zero-order valence-corrected chi connectivity index (χ0v) is 12.3. The maximum atomic E-state index is 12.0. The Morgan fingerprint density at radius 2 is 2.19 bits per heavy atom. The lowest BCUT2D eigenvalue weighted by atomic mass is 10.3. The van der Waals surface area contributed by atoms with E-state index in [1.165, 1.54) is 18.2 Å². The molecule has 21 heavy (non-hydrogen) atoms. The number of nitro benzene ring substituents is 1. The van der Waals surface area contributed by atoms with Crippen LogP contribution in [-0.2, 0) is 23.8 Å². The van der Waals surface area contributed by atoms with Crippen LogP contribution in [0.2, 0.25) is 0 Å². The summed E-state index contributed by atoms with van der Waals surface area (Å²) in [5.74, 6) is -0.774. The summed E-state index contributed by atoms with van der Waals surface area (Å²) in [5, 5.41) is 10.7. The quantitative estimate of drug-likeness (QED) is 0.460. The van der Waals surface area contributed by atoms with E-state index in [0.29, 0.717) is 0 Å². The molecular formula is C12H15NO7S. The Morgan fingerprint density at radius 1 is 1.48 bits per heavy atom. The van der Waals surface area contributed by atoms with Crippen molar-refractivity contribution in [3.05, 3.63) is 34.4 Å². The molecule has 0 aliphatic carbocycles. The third kappa shape index (κ3) is 3.97. The van der Waals surface area contributed by atoms with Crippen molar-refractivity contribution < 1.29 is 27.0 Å². The van der Waals surface area contributed by atoms with Crippen LogP contribution in [0.3, 0.4) is 0 Å². The van der Waals surface area contributed by atoms with Crippen LogP contribution in [0, 0.1) is 10.1 Å². The molecule has 0 unspecified atom stereocenters. The smallest absolute Gasteiger partial charge is 0.297 e. The molecule has 1 saturated heterocycles. The van der Waals surface area contributed by atoms with E-state index in [-0.39, 0.29) is 23.8 Å². The van der Waals surface area contributed by atoms with Crippen LogP contribution in [0.15, 0.2) is 29.2 Å². The average Bonchev–Trinajstić information content (AvgIpc) is 2.76. The number of rotatable bonds is 5. The maximum Gasteiger partial charge on any atom is 0.297 e. The minimum atomic E-state index is -4.08. The Hall–Kier alpha value is -1.55. The van der Waals surface area contributed by atoms with Gasteiger partial charge in [-0.1, -0.05) is 6.07 Å². The number of hydrogen-bond donors (Lipinski definition) is 0. The van der Waals surface area contributed by atoms with E-state index in [9.17, 15) is 18.5 Å². The van der Waals surface area contributed by atoms with Gasteiger partial charge in [0.1, 0.15) is 11.0 Å². The molecule has 1 aliphatic heterocycles. The first kappa shape index (κ1) is 15.8. The van der Waals surface area contributed by atoms with Crippen LogP contribution in [0.5, 0.6) is 0 Å². The number of benzene rings is 1. The lowest BCUT2D eigenvalue weighted by Crippen LogP contribution is -2.25. The van der Waals surface area contributed by atoms with Crippen molar-refractivity contribution in [3.63, 3.8) is 0 Å². The normalized spacial score (nSPS) is 21.3. The molecule has 0 bridgehead atoms. The molecule has 0 saturated carbocycles. The summed E-state index contributed by atoms with van der Waals surface area (Å²) in [4.78, 5) is 9.71. The van der Waals surface area contributed by atoms with Gasteiger partial charge >= 0.3 is 0 Å². The second-order valence-electron chi connectivity index (χ2n) is 4.94. The molecule has 2 rings (SSSR count). The Bertz CT molecular complexity index is 641. The van der Waals surface area contributed by atoms with Crippen molar-refractivity contribution >= 4 is 15.8 Å². The van der Waals surface area contributed by atoms with Crippen molar-refractivity contribution in [1.82, 2.24) is 0 Å². The first-order valence-electron chi connectivity index (χ1n) is 6.15. The topological polar surface area (TPSA) is 105 Å². The van der Waals surface area contributed by atoms with Crippen molar-refractivity contribution in [1.29, 1.82) is 0 Å². The minimum Gasteiger partial charge on any atom is -0.348 e. The van der Waals surface area contributed by atoms with Crippen molar-refractivity contribution in [3.8, 4) is 0 Å². The average molecular weight is 317 g/mol. The molecule has 1 atom stereocenters. The lowest BCUT2D eigenvalue weighted by molar-refractivity contribution is -0.385. The van der Waals surface area contributed by atoms with Gasteiger partial charge in [0.15, 0.2) is 5.79 Å². The molecule has 0 spiro atoms. The second-order valence-corrected chi connectivity index (χ2v) is 6.56. The molecule has 0 N–H and O–H groups in total. The van der Waals surface area contributed by atoms with Gasteiger partial charge in [-0.3, -0.25) is 14.3 Å². The van der Waals surface area contributed by atoms with Gasteiger partial charge in [0, 0.05) is 12.1 Å². The second kappa shape index (κ2) is 5.68. The van der Waals surface area contributed by atoms with Crippen molar-refractivity contribution in [2.24, 2.45) is 0 Å². The monoisotopic (exact) mass is 317 g/mol. The number of hydrogen-bond acceptors (Lipinski definition) is 7. The summed E-state index contributed by atoms with van der Waals surface area (Å²) in [6.45, 7) is 3.43. The summed E-state index contributed by atoms with van der Waals surface area (Å²) in [6.07, 6.45) is -0.506.